The van der Waals surface area contributed by atoms with Crippen molar-refractivity contribution in [2.75, 3.05) is 0 Å². The zero-order valence-corrected chi connectivity index (χ0v) is 10.8. The topological polar surface area (TPSA) is 45.5 Å². The molecule has 92 valence electrons. The molecule has 0 saturated heterocycles. The Morgan fingerprint density at radius 1 is 1.44 bits per heavy atom. The van der Waals surface area contributed by atoms with E-state index in [9.17, 15) is 0 Å². The molecule has 0 bridgehead atoms. The molecule has 0 aliphatic carbocycles. The zero-order chi connectivity index (χ0) is 13.1. The normalized spacial score (nSPS) is 11.8. The van der Waals surface area contributed by atoms with Crippen LogP contribution >= 0.6 is 11.6 Å². The van der Waals surface area contributed by atoms with Gasteiger partial charge in [0.25, 0.3) is 0 Å². The Morgan fingerprint density at radius 3 is 2.89 bits per heavy atom. The van der Waals surface area contributed by atoms with Gasteiger partial charge in [-0.1, -0.05) is 35.0 Å². The smallest absolute Gasteiger partial charge is 0.0908 e. The number of oxime groups is 1. The highest BCUT2D eigenvalue weighted by Crippen LogP contribution is 2.20. The first-order chi connectivity index (χ1) is 8.60. The van der Waals surface area contributed by atoms with Gasteiger partial charge < -0.3 is 5.21 Å². The molecule has 0 amide bonds. The highest BCUT2D eigenvalue weighted by Gasteiger charge is 2.06. The molecule has 0 saturated carbocycles. The summed E-state index contributed by atoms with van der Waals surface area (Å²) in [5, 5.41) is 13.9. The largest absolute Gasteiger partial charge is 0.411 e. The second-order valence-electron chi connectivity index (χ2n) is 4.24. The van der Waals surface area contributed by atoms with E-state index in [1.165, 1.54) is 0 Å². The minimum Gasteiger partial charge on any atom is -0.411 e. The third kappa shape index (κ3) is 2.68. The van der Waals surface area contributed by atoms with Gasteiger partial charge in [-0.05, 0) is 25.1 Å². The molecule has 0 unspecified atom stereocenters. The second kappa shape index (κ2) is 5.19. The molecule has 1 aromatic carbocycles. The van der Waals surface area contributed by atoms with Crippen LogP contribution < -0.4 is 0 Å². The van der Waals surface area contributed by atoms with Crippen LogP contribution in [0.4, 0.5) is 0 Å². The molecule has 4 heteroatoms. The molecule has 0 aliphatic rings. The van der Waals surface area contributed by atoms with Crippen molar-refractivity contribution in [3.8, 4) is 0 Å². The van der Waals surface area contributed by atoms with Crippen molar-refractivity contribution in [3.63, 3.8) is 0 Å². The van der Waals surface area contributed by atoms with Crippen molar-refractivity contribution >= 4 is 28.2 Å². The van der Waals surface area contributed by atoms with E-state index in [1.807, 2.05) is 31.2 Å². The van der Waals surface area contributed by atoms with Crippen LogP contribution in [0.15, 0.2) is 47.8 Å². The van der Waals surface area contributed by atoms with Crippen molar-refractivity contribution in [1.29, 1.82) is 0 Å². The van der Waals surface area contributed by atoms with E-state index in [1.54, 1.807) is 6.20 Å². The maximum atomic E-state index is 9.06. The predicted octanol–water partition coefficient (Wildman–Crippen LogP) is 4.03. The molecule has 2 rings (SSSR count). The van der Waals surface area contributed by atoms with E-state index in [0.717, 1.165) is 22.0 Å². The van der Waals surface area contributed by atoms with E-state index in [4.69, 9.17) is 16.8 Å². The first-order valence-corrected chi connectivity index (χ1v) is 5.89. The van der Waals surface area contributed by atoms with Crippen LogP contribution in [0.25, 0.3) is 10.9 Å². The lowest BCUT2D eigenvalue weighted by Crippen LogP contribution is -2.01. The average Bonchev–Trinajstić information content (AvgIpc) is 2.34. The fourth-order valence-electron chi connectivity index (χ4n) is 1.77. The standard InChI is InChI=1S/C14H13ClN2O/c1-9(2)5-14(17-18)10-3-4-13-11(6-10)7-12(15)8-16-13/h3-4,6-8,18H,1,5H2,2H3/b17-14+. The van der Waals surface area contributed by atoms with Gasteiger partial charge in [0, 0.05) is 23.6 Å². The zero-order valence-electron chi connectivity index (χ0n) is 10.0. The van der Waals surface area contributed by atoms with Crippen molar-refractivity contribution in [2.24, 2.45) is 5.16 Å². The number of halogens is 1. The summed E-state index contributed by atoms with van der Waals surface area (Å²) in [7, 11) is 0. The van der Waals surface area contributed by atoms with Crippen LogP contribution in [-0.4, -0.2) is 15.9 Å². The lowest BCUT2D eigenvalue weighted by Gasteiger charge is -2.06. The summed E-state index contributed by atoms with van der Waals surface area (Å²) >= 11 is 5.91. The van der Waals surface area contributed by atoms with Gasteiger partial charge in [-0.15, -0.1) is 0 Å². The van der Waals surface area contributed by atoms with Gasteiger partial charge in [0.2, 0.25) is 0 Å². The van der Waals surface area contributed by atoms with Crippen molar-refractivity contribution in [1.82, 2.24) is 4.98 Å². The average molecular weight is 261 g/mol. The lowest BCUT2D eigenvalue weighted by atomic mass is 10.0. The van der Waals surface area contributed by atoms with E-state index in [0.29, 0.717) is 17.2 Å². The van der Waals surface area contributed by atoms with Crippen LogP contribution in [-0.2, 0) is 0 Å². The Kier molecular flexibility index (Phi) is 3.63. The first-order valence-electron chi connectivity index (χ1n) is 5.51. The fraction of sp³-hybridized carbons (Fsp3) is 0.143. The molecular formula is C14H13ClN2O. The number of fused-ring (bicyclic) bond motifs is 1. The highest BCUT2D eigenvalue weighted by molar-refractivity contribution is 6.31. The summed E-state index contributed by atoms with van der Waals surface area (Å²) < 4.78 is 0. The highest BCUT2D eigenvalue weighted by atomic mass is 35.5. The molecular weight excluding hydrogens is 248 g/mol. The number of rotatable bonds is 3. The summed E-state index contributed by atoms with van der Waals surface area (Å²) in [6.45, 7) is 5.71. The Balaban J connectivity index is 2.48. The molecule has 1 aromatic heterocycles. The summed E-state index contributed by atoms with van der Waals surface area (Å²) in [5.41, 5.74) is 3.23. The monoisotopic (exact) mass is 260 g/mol. The number of aromatic nitrogens is 1. The molecule has 3 nitrogen and oxygen atoms in total. The molecule has 2 aromatic rings. The van der Waals surface area contributed by atoms with Crippen molar-refractivity contribution < 1.29 is 5.21 Å². The maximum absolute atomic E-state index is 9.06. The summed E-state index contributed by atoms with van der Waals surface area (Å²) in [5.74, 6) is 0. The number of hydrogen-bond acceptors (Lipinski definition) is 3. The van der Waals surface area contributed by atoms with Gasteiger partial charge in [0.05, 0.1) is 16.3 Å². The number of hydrogen-bond donors (Lipinski definition) is 1. The minimum absolute atomic E-state index is 0.538. The SMILES string of the molecule is C=C(C)C/C(=N\O)c1ccc2ncc(Cl)cc2c1. The molecule has 0 atom stereocenters. The molecule has 1 heterocycles. The Labute approximate surface area is 110 Å². The summed E-state index contributed by atoms with van der Waals surface area (Å²) in [6.07, 6.45) is 2.15. The lowest BCUT2D eigenvalue weighted by molar-refractivity contribution is 0.318. The number of allylic oxidation sites excluding steroid dienone is 1. The molecule has 1 N–H and O–H groups in total. The van der Waals surface area contributed by atoms with Crippen LogP contribution in [0.2, 0.25) is 5.02 Å². The van der Waals surface area contributed by atoms with Crippen LogP contribution in [0.5, 0.6) is 0 Å². The molecule has 18 heavy (non-hydrogen) atoms. The quantitative estimate of drug-likeness (QED) is 0.392. The first kappa shape index (κ1) is 12.6. The molecule has 0 aliphatic heterocycles. The fourth-order valence-corrected chi connectivity index (χ4v) is 1.93. The van der Waals surface area contributed by atoms with E-state index in [2.05, 4.69) is 16.7 Å². The third-order valence-electron chi connectivity index (χ3n) is 2.57. The third-order valence-corrected chi connectivity index (χ3v) is 2.78. The second-order valence-corrected chi connectivity index (χ2v) is 4.68. The Morgan fingerprint density at radius 2 is 2.22 bits per heavy atom. The van der Waals surface area contributed by atoms with E-state index < -0.39 is 0 Å². The van der Waals surface area contributed by atoms with Gasteiger partial charge in [-0.2, -0.15) is 0 Å². The van der Waals surface area contributed by atoms with Crippen LogP contribution in [0, 0.1) is 0 Å². The molecule has 0 spiro atoms. The van der Waals surface area contributed by atoms with E-state index in [-0.39, 0.29) is 0 Å². The van der Waals surface area contributed by atoms with Gasteiger partial charge in [0.15, 0.2) is 0 Å². The van der Waals surface area contributed by atoms with Gasteiger partial charge in [0.1, 0.15) is 0 Å². The number of nitrogens with zero attached hydrogens (tertiary/aromatic N) is 2. The predicted molar refractivity (Wildman–Crippen MR) is 74.5 cm³/mol. The van der Waals surface area contributed by atoms with Gasteiger partial charge in [-0.25, -0.2) is 0 Å². The molecule has 0 fully saturated rings. The van der Waals surface area contributed by atoms with Gasteiger partial charge in [-0.3, -0.25) is 4.98 Å². The van der Waals surface area contributed by atoms with Crippen LogP contribution in [0.3, 0.4) is 0 Å². The molecule has 0 radical (unpaired) electrons. The Hall–Kier alpha value is -1.87. The minimum atomic E-state index is 0.538. The summed E-state index contributed by atoms with van der Waals surface area (Å²) in [4.78, 5) is 4.22. The van der Waals surface area contributed by atoms with E-state index >= 15 is 0 Å². The van der Waals surface area contributed by atoms with Crippen LogP contribution in [0.1, 0.15) is 18.9 Å². The van der Waals surface area contributed by atoms with Crippen molar-refractivity contribution in [2.45, 2.75) is 13.3 Å². The van der Waals surface area contributed by atoms with Crippen molar-refractivity contribution in [3.05, 3.63) is 53.2 Å². The van der Waals surface area contributed by atoms with Gasteiger partial charge >= 0.3 is 0 Å². The maximum Gasteiger partial charge on any atom is 0.0908 e. The Bertz CT molecular complexity index is 635. The summed E-state index contributed by atoms with van der Waals surface area (Å²) in [6, 6.07) is 7.50. The number of benzene rings is 1. The number of pyridine rings is 1.